The largest absolute Gasteiger partial charge is 0.385 e. The quantitative estimate of drug-likeness (QED) is 0.309. The van der Waals surface area contributed by atoms with Crippen molar-refractivity contribution < 1.29 is 33.2 Å². The van der Waals surface area contributed by atoms with Crippen LogP contribution in [-0.2, 0) is 30.3 Å². The van der Waals surface area contributed by atoms with Crippen LogP contribution in [0.15, 0.2) is 40.9 Å². The maximum atomic E-state index is 13.6. The fourth-order valence-electron chi connectivity index (χ4n) is 4.41. The van der Waals surface area contributed by atoms with Gasteiger partial charge in [0, 0.05) is 32.1 Å². The minimum absolute atomic E-state index is 0.0622. The van der Waals surface area contributed by atoms with Crippen LogP contribution in [0.25, 0.3) is 0 Å². The Bertz CT molecular complexity index is 1140. The van der Waals surface area contributed by atoms with Crippen LogP contribution >= 0.6 is 0 Å². The van der Waals surface area contributed by atoms with Crippen LogP contribution in [0.3, 0.4) is 0 Å². The minimum atomic E-state index is -0.896. The van der Waals surface area contributed by atoms with Crippen molar-refractivity contribution in [1.82, 2.24) is 15.8 Å². The van der Waals surface area contributed by atoms with Gasteiger partial charge >= 0.3 is 0 Å². The standard InChI is InChI=1S/C29H39N3O7/c1-18(2)13-23(26(34)29(4)17-38-29)31-27(35)21(15-20-9-7-6-8-10-20)16-25(33)22(11-12-37-5)30-28(36)24-14-19(3)39-32-24/h6-10,14,18,21-23H,11-13,15-17H2,1-5H3,(H,30,36)(H,31,35)/t21-,22+,23+,29-/m1/s1. The lowest BCUT2D eigenvalue weighted by atomic mass is 9.88. The van der Waals surface area contributed by atoms with Crippen molar-refractivity contribution in [1.29, 1.82) is 0 Å². The number of benzene rings is 1. The molecule has 0 aliphatic carbocycles. The van der Waals surface area contributed by atoms with Crippen LogP contribution in [0, 0.1) is 18.8 Å². The molecule has 0 spiro atoms. The van der Waals surface area contributed by atoms with Crippen molar-refractivity contribution in [3.63, 3.8) is 0 Å². The first-order valence-electron chi connectivity index (χ1n) is 13.3. The van der Waals surface area contributed by atoms with Gasteiger partial charge in [-0.3, -0.25) is 19.2 Å². The molecule has 2 heterocycles. The second-order valence-corrected chi connectivity index (χ2v) is 10.8. The Morgan fingerprint density at radius 2 is 1.79 bits per heavy atom. The van der Waals surface area contributed by atoms with Gasteiger partial charge in [0.25, 0.3) is 5.91 Å². The Hall–Kier alpha value is -3.37. The average Bonchev–Trinajstić information content (AvgIpc) is 3.50. The zero-order valence-corrected chi connectivity index (χ0v) is 23.3. The fourth-order valence-corrected chi connectivity index (χ4v) is 4.41. The van der Waals surface area contributed by atoms with Gasteiger partial charge in [-0.15, -0.1) is 0 Å². The van der Waals surface area contributed by atoms with Crippen molar-refractivity contribution in [3.8, 4) is 0 Å². The summed E-state index contributed by atoms with van der Waals surface area (Å²) in [7, 11) is 1.51. The molecule has 1 aromatic heterocycles. The van der Waals surface area contributed by atoms with Gasteiger partial charge in [-0.25, -0.2) is 0 Å². The normalized spacial score (nSPS) is 18.7. The van der Waals surface area contributed by atoms with Crippen LogP contribution in [0.1, 0.15) is 61.8 Å². The third-order valence-corrected chi connectivity index (χ3v) is 6.75. The van der Waals surface area contributed by atoms with Crippen molar-refractivity contribution in [3.05, 3.63) is 53.4 Å². The summed E-state index contributed by atoms with van der Waals surface area (Å²) in [6.45, 7) is 7.90. The van der Waals surface area contributed by atoms with E-state index < -0.39 is 29.5 Å². The molecule has 0 bridgehead atoms. The van der Waals surface area contributed by atoms with Gasteiger partial charge < -0.3 is 24.6 Å². The summed E-state index contributed by atoms with van der Waals surface area (Å²) < 4.78 is 15.5. The van der Waals surface area contributed by atoms with E-state index in [4.69, 9.17) is 14.0 Å². The van der Waals surface area contributed by atoms with E-state index in [2.05, 4.69) is 15.8 Å². The van der Waals surface area contributed by atoms with Gasteiger partial charge in [-0.1, -0.05) is 49.3 Å². The van der Waals surface area contributed by atoms with E-state index in [9.17, 15) is 19.2 Å². The number of carbonyl (C=O) groups is 4. The van der Waals surface area contributed by atoms with Gasteiger partial charge in [0.05, 0.1) is 18.7 Å². The van der Waals surface area contributed by atoms with Crippen LogP contribution in [-0.4, -0.2) is 66.5 Å². The second kappa shape index (κ2) is 13.6. The molecule has 1 aliphatic rings. The molecular weight excluding hydrogens is 502 g/mol. The number of methoxy groups -OCH3 is 1. The smallest absolute Gasteiger partial charge is 0.274 e. The molecule has 0 radical (unpaired) electrons. The van der Waals surface area contributed by atoms with Crippen molar-refractivity contribution in [2.45, 2.75) is 71.1 Å². The van der Waals surface area contributed by atoms with Gasteiger partial charge in [0.1, 0.15) is 11.4 Å². The molecule has 39 heavy (non-hydrogen) atoms. The number of aromatic nitrogens is 1. The highest BCUT2D eigenvalue weighted by Crippen LogP contribution is 2.30. The van der Waals surface area contributed by atoms with E-state index in [0.29, 0.717) is 25.2 Å². The number of epoxide rings is 1. The van der Waals surface area contributed by atoms with Crippen LogP contribution in [0.2, 0.25) is 0 Å². The van der Waals surface area contributed by atoms with Crippen LogP contribution < -0.4 is 10.6 Å². The zero-order chi connectivity index (χ0) is 28.6. The van der Waals surface area contributed by atoms with E-state index in [1.165, 1.54) is 13.2 Å². The predicted molar refractivity (Wildman–Crippen MR) is 143 cm³/mol. The van der Waals surface area contributed by atoms with E-state index in [0.717, 1.165) is 5.56 Å². The first-order chi connectivity index (χ1) is 18.5. The molecule has 1 saturated heterocycles. The number of nitrogens with zero attached hydrogens (tertiary/aromatic N) is 1. The summed E-state index contributed by atoms with van der Waals surface area (Å²) >= 11 is 0. The van der Waals surface area contributed by atoms with E-state index >= 15 is 0 Å². The van der Waals surface area contributed by atoms with Gasteiger partial charge in [0.15, 0.2) is 17.3 Å². The molecule has 2 N–H and O–H groups in total. The van der Waals surface area contributed by atoms with Gasteiger partial charge in [0.2, 0.25) is 5.91 Å². The molecule has 1 fully saturated rings. The Morgan fingerprint density at radius 3 is 2.36 bits per heavy atom. The molecule has 10 nitrogen and oxygen atoms in total. The Morgan fingerprint density at radius 1 is 1.10 bits per heavy atom. The molecule has 212 valence electrons. The summed E-state index contributed by atoms with van der Waals surface area (Å²) in [4.78, 5) is 52.9. The highest BCUT2D eigenvalue weighted by Gasteiger charge is 2.50. The number of Topliss-reactive ketones (excluding diaryl/α,β-unsaturated/α-hetero) is 2. The molecule has 0 unspecified atom stereocenters. The number of ketones is 2. The molecule has 2 aromatic rings. The van der Waals surface area contributed by atoms with Crippen molar-refractivity contribution in [2.75, 3.05) is 20.3 Å². The highest BCUT2D eigenvalue weighted by atomic mass is 16.6. The van der Waals surface area contributed by atoms with Gasteiger partial charge in [-0.2, -0.15) is 0 Å². The summed E-state index contributed by atoms with van der Waals surface area (Å²) in [5.41, 5.74) is 0.0596. The lowest BCUT2D eigenvalue weighted by Gasteiger charge is -2.25. The van der Waals surface area contributed by atoms with Gasteiger partial charge in [-0.05, 0) is 44.6 Å². The first-order valence-corrected chi connectivity index (χ1v) is 13.3. The Balaban J connectivity index is 1.79. The molecule has 2 amide bonds. The van der Waals surface area contributed by atoms with Crippen LogP contribution in [0.5, 0.6) is 0 Å². The second-order valence-electron chi connectivity index (χ2n) is 10.8. The average molecular weight is 542 g/mol. The summed E-state index contributed by atoms with van der Waals surface area (Å²) in [6.07, 6.45) is 0.840. The molecule has 1 aliphatic heterocycles. The van der Waals surface area contributed by atoms with E-state index in [1.54, 1.807) is 13.8 Å². The van der Waals surface area contributed by atoms with E-state index in [-0.39, 0.29) is 48.5 Å². The summed E-state index contributed by atoms with van der Waals surface area (Å²) in [5.74, 6) is -1.56. The molecular formula is C29H39N3O7. The molecule has 3 rings (SSSR count). The maximum absolute atomic E-state index is 13.6. The molecule has 0 saturated carbocycles. The Kier molecular flexibility index (Phi) is 10.5. The predicted octanol–water partition coefficient (Wildman–Crippen LogP) is 2.82. The maximum Gasteiger partial charge on any atom is 0.274 e. The highest BCUT2D eigenvalue weighted by molar-refractivity contribution is 5.99. The monoisotopic (exact) mass is 541 g/mol. The summed E-state index contributed by atoms with van der Waals surface area (Å²) in [5, 5.41) is 9.34. The molecule has 1 aromatic carbocycles. The number of aryl methyl sites for hydroxylation is 1. The molecule has 10 heteroatoms. The number of hydrogen-bond acceptors (Lipinski definition) is 8. The Labute approximate surface area is 229 Å². The third-order valence-electron chi connectivity index (χ3n) is 6.75. The third kappa shape index (κ3) is 8.83. The first kappa shape index (κ1) is 30.2. The topological polar surface area (TPSA) is 140 Å². The number of carbonyl (C=O) groups excluding carboxylic acids is 4. The number of ether oxygens (including phenoxy) is 2. The zero-order valence-electron chi connectivity index (χ0n) is 23.3. The lowest BCUT2D eigenvalue weighted by Crippen LogP contribution is -2.50. The van der Waals surface area contributed by atoms with E-state index in [1.807, 2.05) is 44.2 Å². The number of hydrogen-bond donors (Lipinski definition) is 2. The summed E-state index contributed by atoms with van der Waals surface area (Å²) in [6, 6.07) is 9.24. The van der Waals surface area contributed by atoms with Crippen molar-refractivity contribution in [2.24, 2.45) is 11.8 Å². The minimum Gasteiger partial charge on any atom is -0.385 e. The van der Waals surface area contributed by atoms with Crippen LogP contribution in [0.4, 0.5) is 0 Å². The van der Waals surface area contributed by atoms with Crippen molar-refractivity contribution >= 4 is 23.4 Å². The fraction of sp³-hybridized carbons (Fsp3) is 0.552. The lowest BCUT2D eigenvalue weighted by molar-refractivity contribution is -0.134. The number of amides is 2. The molecule has 4 atom stereocenters. The number of rotatable bonds is 16. The number of nitrogens with one attached hydrogen (secondary N) is 2. The SMILES string of the molecule is COCC[C@H](NC(=O)c1cc(C)on1)C(=O)C[C@@H](Cc1ccccc1)C(=O)N[C@@H](CC(C)C)C(=O)[C@@]1(C)CO1.